The second-order valence-corrected chi connectivity index (χ2v) is 10.8. The first kappa shape index (κ1) is 20.5. The van der Waals surface area contributed by atoms with E-state index in [2.05, 4.69) is 9.88 Å². The Morgan fingerprint density at radius 2 is 1.77 bits per heavy atom. The molecule has 0 atom stereocenters. The van der Waals surface area contributed by atoms with Gasteiger partial charge in [-0.2, -0.15) is 0 Å². The molecule has 1 aliphatic heterocycles. The lowest BCUT2D eigenvalue weighted by Crippen LogP contribution is -2.43. The number of fused-ring (bicyclic) bond motifs is 1. The summed E-state index contributed by atoms with van der Waals surface area (Å²) >= 11 is 0. The summed E-state index contributed by atoms with van der Waals surface area (Å²) in [5.74, 6) is 1.59. The maximum Gasteiger partial charge on any atom is 0.175 e. The molecule has 0 radical (unpaired) electrons. The quantitative estimate of drug-likeness (QED) is 0.596. The third kappa shape index (κ3) is 4.34. The predicted octanol–water partition coefficient (Wildman–Crippen LogP) is 4.21. The molecular formula is C24H29N3O3S. The zero-order chi connectivity index (χ0) is 21.4. The van der Waals surface area contributed by atoms with Crippen molar-refractivity contribution in [2.75, 3.05) is 19.3 Å². The number of sulfone groups is 1. The SMILES string of the molecule is CS(=O)(=O)c1ccc2c(ccn2-c2ccc(OC3CCN(C4CCCC4)CC3)cn2)c1. The van der Waals surface area contributed by atoms with Gasteiger partial charge in [0.2, 0.25) is 0 Å². The lowest BCUT2D eigenvalue weighted by molar-refractivity contribution is 0.0766. The molecule has 7 heteroatoms. The number of nitrogens with zero attached hydrogens (tertiary/aromatic N) is 3. The largest absolute Gasteiger partial charge is 0.489 e. The van der Waals surface area contributed by atoms with Crippen LogP contribution in [0.1, 0.15) is 38.5 Å². The summed E-state index contributed by atoms with van der Waals surface area (Å²) in [7, 11) is -3.22. The zero-order valence-electron chi connectivity index (χ0n) is 17.9. The maximum absolute atomic E-state index is 11.8. The molecule has 2 aromatic heterocycles. The van der Waals surface area contributed by atoms with Crippen molar-refractivity contribution in [1.82, 2.24) is 14.5 Å². The molecule has 2 aliphatic rings. The molecule has 3 heterocycles. The van der Waals surface area contributed by atoms with Crippen molar-refractivity contribution >= 4 is 20.7 Å². The first-order valence-electron chi connectivity index (χ1n) is 11.2. The lowest BCUT2D eigenvalue weighted by Gasteiger charge is -2.35. The molecule has 0 spiro atoms. The summed E-state index contributed by atoms with van der Waals surface area (Å²) in [5, 5.41) is 0.874. The summed E-state index contributed by atoms with van der Waals surface area (Å²) in [6.07, 6.45) is 12.8. The smallest absolute Gasteiger partial charge is 0.175 e. The zero-order valence-corrected chi connectivity index (χ0v) is 18.7. The first-order chi connectivity index (χ1) is 15.0. The third-order valence-electron chi connectivity index (χ3n) is 6.68. The van der Waals surface area contributed by atoms with Crippen LogP contribution < -0.4 is 4.74 Å². The summed E-state index contributed by atoms with van der Waals surface area (Å²) in [6.45, 7) is 2.26. The Balaban J connectivity index is 1.25. The molecule has 0 N–H and O–H groups in total. The molecule has 5 rings (SSSR count). The molecule has 31 heavy (non-hydrogen) atoms. The molecule has 164 valence electrons. The second kappa shape index (κ2) is 8.28. The molecule has 1 aliphatic carbocycles. The molecule has 1 saturated carbocycles. The standard InChI is InChI=1S/C24H29N3O3S/c1-31(28,29)22-7-8-23-18(16-22)10-15-27(23)24-9-6-21(17-25-24)30-20-11-13-26(14-12-20)19-4-2-3-5-19/h6-10,15-17,19-20H,2-5,11-14H2,1H3. The molecule has 3 aromatic rings. The van der Waals surface area contributed by atoms with Gasteiger partial charge in [-0.05, 0) is 62.1 Å². The van der Waals surface area contributed by atoms with E-state index < -0.39 is 9.84 Å². The summed E-state index contributed by atoms with van der Waals surface area (Å²) in [4.78, 5) is 7.58. The average Bonchev–Trinajstić information content (AvgIpc) is 3.44. The molecule has 2 fully saturated rings. The van der Waals surface area contributed by atoms with E-state index in [1.807, 2.05) is 35.0 Å². The fourth-order valence-corrected chi connectivity index (χ4v) is 5.61. The number of likely N-dealkylation sites (tertiary alicyclic amines) is 1. The van der Waals surface area contributed by atoms with Crippen molar-refractivity contribution in [3.05, 3.63) is 48.8 Å². The molecule has 0 unspecified atom stereocenters. The summed E-state index contributed by atoms with van der Waals surface area (Å²) < 4.78 is 31.8. The van der Waals surface area contributed by atoms with E-state index in [0.717, 1.165) is 54.4 Å². The van der Waals surface area contributed by atoms with Crippen LogP contribution in [0.3, 0.4) is 0 Å². The molecular weight excluding hydrogens is 410 g/mol. The highest BCUT2D eigenvalue weighted by Crippen LogP contribution is 2.28. The summed E-state index contributed by atoms with van der Waals surface area (Å²) in [5.41, 5.74) is 0.924. The van der Waals surface area contributed by atoms with Crippen molar-refractivity contribution in [2.24, 2.45) is 0 Å². The topological polar surface area (TPSA) is 64.4 Å². The van der Waals surface area contributed by atoms with Gasteiger partial charge < -0.3 is 14.2 Å². The van der Waals surface area contributed by atoms with Crippen LogP contribution in [0.15, 0.2) is 53.7 Å². The minimum absolute atomic E-state index is 0.257. The van der Waals surface area contributed by atoms with Crippen LogP contribution in [0.4, 0.5) is 0 Å². The Morgan fingerprint density at radius 3 is 2.45 bits per heavy atom. The average molecular weight is 440 g/mol. The fourth-order valence-electron chi connectivity index (χ4n) is 4.96. The van der Waals surface area contributed by atoms with Crippen molar-refractivity contribution in [1.29, 1.82) is 0 Å². The maximum atomic E-state index is 11.8. The van der Waals surface area contributed by atoms with Gasteiger partial charge in [-0.1, -0.05) is 12.8 Å². The number of hydrogen-bond donors (Lipinski definition) is 0. The van der Waals surface area contributed by atoms with Crippen molar-refractivity contribution < 1.29 is 13.2 Å². The van der Waals surface area contributed by atoms with Gasteiger partial charge in [0.05, 0.1) is 16.6 Å². The Hall–Kier alpha value is -2.38. The van der Waals surface area contributed by atoms with E-state index in [4.69, 9.17) is 4.74 Å². The molecule has 1 aromatic carbocycles. The van der Waals surface area contributed by atoms with Crippen molar-refractivity contribution in [3.63, 3.8) is 0 Å². The Bertz CT molecular complexity index is 1160. The lowest BCUT2D eigenvalue weighted by atomic mass is 10.0. The number of pyridine rings is 1. The normalized spacial score (nSPS) is 19.3. The Kier molecular flexibility index (Phi) is 5.48. The van der Waals surface area contributed by atoms with E-state index >= 15 is 0 Å². The molecule has 0 bridgehead atoms. The number of hydrogen-bond acceptors (Lipinski definition) is 5. The van der Waals surface area contributed by atoms with Crippen LogP contribution >= 0.6 is 0 Å². The van der Waals surface area contributed by atoms with Gasteiger partial charge in [-0.15, -0.1) is 0 Å². The van der Waals surface area contributed by atoms with E-state index in [1.165, 1.54) is 31.9 Å². The van der Waals surface area contributed by atoms with Crippen LogP contribution in [0.5, 0.6) is 5.75 Å². The highest BCUT2D eigenvalue weighted by atomic mass is 32.2. The predicted molar refractivity (Wildman–Crippen MR) is 122 cm³/mol. The van der Waals surface area contributed by atoms with Crippen LogP contribution in [0.25, 0.3) is 16.7 Å². The molecule has 6 nitrogen and oxygen atoms in total. The van der Waals surface area contributed by atoms with Crippen LogP contribution in [0.2, 0.25) is 0 Å². The van der Waals surface area contributed by atoms with Gasteiger partial charge in [0, 0.05) is 37.0 Å². The van der Waals surface area contributed by atoms with Crippen molar-refractivity contribution in [3.8, 4) is 11.6 Å². The number of aromatic nitrogens is 2. The minimum atomic E-state index is -3.22. The first-order valence-corrected chi connectivity index (χ1v) is 13.0. The molecule has 0 amide bonds. The van der Waals surface area contributed by atoms with Gasteiger partial charge in [0.25, 0.3) is 0 Å². The number of rotatable bonds is 5. The third-order valence-corrected chi connectivity index (χ3v) is 7.79. The van der Waals surface area contributed by atoms with Gasteiger partial charge in [0.1, 0.15) is 17.7 Å². The van der Waals surface area contributed by atoms with Crippen LogP contribution in [0, 0.1) is 0 Å². The van der Waals surface area contributed by atoms with Gasteiger partial charge in [-0.25, -0.2) is 13.4 Å². The van der Waals surface area contributed by atoms with E-state index in [0.29, 0.717) is 4.90 Å². The van der Waals surface area contributed by atoms with Crippen molar-refractivity contribution in [2.45, 2.75) is 55.6 Å². The van der Waals surface area contributed by atoms with Gasteiger partial charge in [0.15, 0.2) is 9.84 Å². The Morgan fingerprint density at radius 1 is 1.00 bits per heavy atom. The monoisotopic (exact) mass is 439 g/mol. The minimum Gasteiger partial charge on any atom is -0.489 e. The number of piperidine rings is 1. The number of ether oxygens (including phenoxy) is 1. The highest BCUT2D eigenvalue weighted by Gasteiger charge is 2.27. The van der Waals surface area contributed by atoms with E-state index in [1.54, 1.807) is 18.3 Å². The Labute approximate surface area is 183 Å². The fraction of sp³-hybridized carbons (Fsp3) is 0.458. The summed E-state index contributed by atoms with van der Waals surface area (Å²) in [6, 6.07) is 11.8. The van der Waals surface area contributed by atoms with Crippen LogP contribution in [-0.2, 0) is 9.84 Å². The second-order valence-electron chi connectivity index (χ2n) is 8.82. The van der Waals surface area contributed by atoms with E-state index in [-0.39, 0.29) is 6.10 Å². The van der Waals surface area contributed by atoms with E-state index in [9.17, 15) is 8.42 Å². The van der Waals surface area contributed by atoms with Gasteiger partial charge >= 0.3 is 0 Å². The highest BCUT2D eigenvalue weighted by molar-refractivity contribution is 7.90. The number of benzene rings is 1. The van der Waals surface area contributed by atoms with Gasteiger partial charge in [-0.3, -0.25) is 0 Å². The molecule has 1 saturated heterocycles. The van der Waals surface area contributed by atoms with Crippen LogP contribution in [-0.4, -0.2) is 54.4 Å².